The minimum Gasteiger partial charge on any atom is -0.325 e. The molecule has 0 bridgehead atoms. The molecule has 0 saturated heterocycles. The minimum absolute atomic E-state index is 0.334. The molecule has 23 heavy (non-hydrogen) atoms. The van der Waals surface area contributed by atoms with Gasteiger partial charge in [-0.05, 0) is 60.5 Å². The van der Waals surface area contributed by atoms with Crippen LogP contribution in [0.2, 0.25) is 5.02 Å². The predicted molar refractivity (Wildman–Crippen MR) is 100 cm³/mol. The molecule has 3 nitrogen and oxygen atoms in total. The van der Waals surface area contributed by atoms with Gasteiger partial charge in [-0.2, -0.15) is 0 Å². The summed E-state index contributed by atoms with van der Waals surface area (Å²) >= 11 is 9.74. The van der Waals surface area contributed by atoms with Crippen LogP contribution in [-0.4, -0.2) is 14.9 Å². The average Bonchev–Trinajstić information content (AvgIpc) is 2.76. The molecule has 0 saturated carbocycles. The SMILES string of the molecule is Cc1cc(Br)cn2c(CC(C)(C)N)c(-c3cccc(Cl)c3)nc12. The first-order chi connectivity index (χ1) is 10.7. The summed E-state index contributed by atoms with van der Waals surface area (Å²) < 4.78 is 3.15. The molecule has 3 aromatic rings. The number of hydrogen-bond acceptors (Lipinski definition) is 2. The lowest BCUT2D eigenvalue weighted by atomic mass is 9.97. The van der Waals surface area contributed by atoms with Crippen LogP contribution in [0.1, 0.15) is 25.1 Å². The Morgan fingerprint density at radius 1 is 1.30 bits per heavy atom. The summed E-state index contributed by atoms with van der Waals surface area (Å²) in [6.45, 7) is 6.12. The minimum atomic E-state index is -0.334. The summed E-state index contributed by atoms with van der Waals surface area (Å²) in [4.78, 5) is 4.88. The van der Waals surface area contributed by atoms with Gasteiger partial charge < -0.3 is 10.1 Å². The first-order valence-electron chi connectivity index (χ1n) is 7.46. The van der Waals surface area contributed by atoms with E-state index in [2.05, 4.69) is 33.3 Å². The van der Waals surface area contributed by atoms with E-state index in [0.29, 0.717) is 11.4 Å². The summed E-state index contributed by atoms with van der Waals surface area (Å²) in [7, 11) is 0. The summed E-state index contributed by atoms with van der Waals surface area (Å²) in [5.74, 6) is 0. The molecule has 0 amide bonds. The third kappa shape index (κ3) is 3.44. The highest BCUT2D eigenvalue weighted by Crippen LogP contribution is 2.30. The van der Waals surface area contributed by atoms with Crippen molar-refractivity contribution >= 4 is 33.2 Å². The zero-order valence-corrected chi connectivity index (χ0v) is 15.7. The van der Waals surface area contributed by atoms with Crippen molar-refractivity contribution in [1.29, 1.82) is 0 Å². The van der Waals surface area contributed by atoms with Gasteiger partial charge in [0.25, 0.3) is 0 Å². The second kappa shape index (κ2) is 5.93. The van der Waals surface area contributed by atoms with Gasteiger partial charge in [-0.15, -0.1) is 0 Å². The molecule has 0 aliphatic rings. The van der Waals surface area contributed by atoms with Crippen LogP contribution in [0.4, 0.5) is 0 Å². The maximum Gasteiger partial charge on any atom is 0.140 e. The van der Waals surface area contributed by atoms with Crippen molar-refractivity contribution in [3.05, 3.63) is 57.3 Å². The lowest BCUT2D eigenvalue weighted by Gasteiger charge is -2.19. The zero-order valence-electron chi connectivity index (χ0n) is 13.4. The highest BCUT2D eigenvalue weighted by molar-refractivity contribution is 9.10. The molecule has 0 aliphatic heterocycles. The van der Waals surface area contributed by atoms with E-state index in [1.165, 1.54) is 0 Å². The summed E-state index contributed by atoms with van der Waals surface area (Å²) in [6.07, 6.45) is 2.76. The van der Waals surface area contributed by atoms with E-state index < -0.39 is 0 Å². The van der Waals surface area contributed by atoms with Gasteiger partial charge in [0, 0.05) is 33.2 Å². The van der Waals surface area contributed by atoms with E-state index >= 15 is 0 Å². The number of nitrogens with zero attached hydrogens (tertiary/aromatic N) is 2. The van der Waals surface area contributed by atoms with Crippen molar-refractivity contribution < 1.29 is 0 Å². The number of imidazole rings is 1. The Morgan fingerprint density at radius 3 is 2.70 bits per heavy atom. The Balaban J connectivity index is 2.32. The molecule has 0 aliphatic carbocycles. The first-order valence-corrected chi connectivity index (χ1v) is 8.63. The molecule has 2 N–H and O–H groups in total. The normalized spacial score (nSPS) is 12.1. The van der Waals surface area contributed by atoms with Crippen molar-refractivity contribution in [2.45, 2.75) is 32.7 Å². The van der Waals surface area contributed by atoms with Crippen LogP contribution in [0.15, 0.2) is 41.0 Å². The molecular formula is C18H19BrClN3. The molecule has 2 heterocycles. The van der Waals surface area contributed by atoms with Crippen molar-refractivity contribution in [2.24, 2.45) is 5.73 Å². The topological polar surface area (TPSA) is 43.3 Å². The number of fused-ring (bicyclic) bond motifs is 1. The third-order valence-electron chi connectivity index (χ3n) is 3.69. The Labute approximate surface area is 149 Å². The molecular weight excluding hydrogens is 374 g/mol. The van der Waals surface area contributed by atoms with E-state index in [4.69, 9.17) is 22.3 Å². The summed E-state index contributed by atoms with van der Waals surface area (Å²) in [5, 5.41) is 0.704. The number of aromatic nitrogens is 2. The maximum atomic E-state index is 6.29. The second-order valence-corrected chi connectivity index (χ2v) is 7.97. The standard InChI is InChI=1S/C18H19BrClN3/c1-11-7-13(19)10-23-15(9-18(2,3)21)16(22-17(11)23)12-5-4-6-14(20)8-12/h4-8,10H,9,21H2,1-3H3. The van der Waals surface area contributed by atoms with Gasteiger partial charge in [-0.25, -0.2) is 4.98 Å². The maximum absolute atomic E-state index is 6.29. The van der Waals surface area contributed by atoms with Crippen LogP contribution in [0.3, 0.4) is 0 Å². The molecule has 1 aromatic carbocycles. The van der Waals surface area contributed by atoms with Crippen LogP contribution in [0.5, 0.6) is 0 Å². The quantitative estimate of drug-likeness (QED) is 0.681. The van der Waals surface area contributed by atoms with Gasteiger partial charge in [0.15, 0.2) is 0 Å². The Bertz CT molecular complexity index is 878. The highest BCUT2D eigenvalue weighted by atomic mass is 79.9. The van der Waals surface area contributed by atoms with Crippen molar-refractivity contribution in [2.75, 3.05) is 0 Å². The van der Waals surface area contributed by atoms with Crippen LogP contribution < -0.4 is 5.73 Å². The van der Waals surface area contributed by atoms with Crippen molar-refractivity contribution in [3.8, 4) is 11.3 Å². The number of benzene rings is 1. The lowest BCUT2D eigenvalue weighted by molar-refractivity contribution is 0.509. The summed E-state index contributed by atoms with van der Waals surface area (Å²) in [5.41, 5.74) is 11.1. The fourth-order valence-corrected chi connectivity index (χ4v) is 3.52. The van der Waals surface area contributed by atoms with Gasteiger partial charge in [0.1, 0.15) is 5.65 Å². The molecule has 0 radical (unpaired) electrons. The molecule has 3 rings (SSSR count). The number of halogens is 2. The zero-order chi connectivity index (χ0) is 16.8. The van der Waals surface area contributed by atoms with Crippen LogP contribution >= 0.6 is 27.5 Å². The molecule has 0 unspecified atom stereocenters. The number of aryl methyl sites for hydroxylation is 1. The monoisotopic (exact) mass is 391 g/mol. The molecule has 0 fully saturated rings. The number of nitrogens with two attached hydrogens (primary N) is 1. The largest absolute Gasteiger partial charge is 0.325 e. The van der Waals surface area contributed by atoms with E-state index in [1.807, 2.05) is 44.3 Å². The fourth-order valence-electron chi connectivity index (χ4n) is 2.78. The molecule has 0 atom stereocenters. The Morgan fingerprint density at radius 2 is 2.04 bits per heavy atom. The van der Waals surface area contributed by atoms with E-state index in [9.17, 15) is 0 Å². The van der Waals surface area contributed by atoms with Gasteiger partial charge >= 0.3 is 0 Å². The highest BCUT2D eigenvalue weighted by Gasteiger charge is 2.21. The van der Waals surface area contributed by atoms with Gasteiger partial charge in [0.2, 0.25) is 0 Å². The molecule has 120 valence electrons. The van der Waals surface area contributed by atoms with E-state index in [-0.39, 0.29) is 5.54 Å². The van der Waals surface area contributed by atoms with Gasteiger partial charge in [0.05, 0.1) is 11.4 Å². The smallest absolute Gasteiger partial charge is 0.140 e. The number of hydrogen-bond donors (Lipinski definition) is 1. The van der Waals surface area contributed by atoms with Crippen LogP contribution in [-0.2, 0) is 6.42 Å². The van der Waals surface area contributed by atoms with Gasteiger partial charge in [-0.1, -0.05) is 23.7 Å². The molecule has 0 spiro atoms. The van der Waals surface area contributed by atoms with E-state index in [1.54, 1.807) is 0 Å². The Hall–Kier alpha value is -1.36. The third-order valence-corrected chi connectivity index (χ3v) is 4.36. The number of rotatable bonds is 3. The van der Waals surface area contributed by atoms with Gasteiger partial charge in [-0.3, -0.25) is 0 Å². The predicted octanol–water partition coefficient (Wildman–Crippen LogP) is 5.01. The second-order valence-electron chi connectivity index (χ2n) is 6.62. The Kier molecular flexibility index (Phi) is 4.25. The lowest BCUT2D eigenvalue weighted by Crippen LogP contribution is -2.35. The summed E-state index contributed by atoms with van der Waals surface area (Å²) in [6, 6.07) is 9.87. The van der Waals surface area contributed by atoms with Crippen molar-refractivity contribution in [1.82, 2.24) is 9.38 Å². The van der Waals surface area contributed by atoms with Crippen molar-refractivity contribution in [3.63, 3.8) is 0 Å². The van der Waals surface area contributed by atoms with Crippen LogP contribution in [0.25, 0.3) is 16.9 Å². The molecule has 5 heteroatoms. The first kappa shape index (κ1) is 16.5. The number of pyridine rings is 1. The molecule has 2 aromatic heterocycles. The van der Waals surface area contributed by atoms with Crippen LogP contribution in [0, 0.1) is 6.92 Å². The average molecular weight is 393 g/mol. The van der Waals surface area contributed by atoms with E-state index in [0.717, 1.165) is 32.6 Å². The fraction of sp³-hybridized carbons (Fsp3) is 0.278.